The van der Waals surface area contributed by atoms with Crippen molar-refractivity contribution in [1.82, 2.24) is 5.32 Å². The Bertz CT molecular complexity index is 616. The Kier molecular flexibility index (Phi) is 5.97. The molecule has 0 aliphatic rings. The first-order valence-electron chi connectivity index (χ1n) is 6.49. The van der Waals surface area contributed by atoms with Crippen LogP contribution in [0.5, 0.6) is 0 Å². The third kappa shape index (κ3) is 4.95. The molecule has 5 heteroatoms. The highest BCUT2D eigenvalue weighted by Crippen LogP contribution is 2.30. The van der Waals surface area contributed by atoms with E-state index in [1.54, 1.807) is 0 Å². The number of carbonyl (C=O) groups is 1. The predicted octanol–water partition coefficient (Wildman–Crippen LogP) is 4.79. The van der Waals surface area contributed by atoms with Crippen LogP contribution in [-0.4, -0.2) is 11.2 Å². The molecule has 2 rings (SSSR count). The first-order chi connectivity index (χ1) is 10.1. The van der Waals surface area contributed by atoms with E-state index >= 15 is 0 Å². The third-order valence-corrected chi connectivity index (χ3v) is 4.76. The molecule has 0 fully saturated rings. The summed E-state index contributed by atoms with van der Waals surface area (Å²) in [6.07, 6.45) is 0. The van der Waals surface area contributed by atoms with Gasteiger partial charge in [-0.3, -0.25) is 4.79 Å². The van der Waals surface area contributed by atoms with E-state index in [2.05, 4.69) is 5.32 Å². The number of thioether (sulfide) groups is 1. The lowest BCUT2D eigenvalue weighted by molar-refractivity contribution is -0.120. The number of hydrogen-bond acceptors (Lipinski definition) is 2. The van der Waals surface area contributed by atoms with Gasteiger partial charge in [-0.05, 0) is 36.8 Å². The molecule has 0 spiro atoms. The van der Waals surface area contributed by atoms with Crippen molar-refractivity contribution in [3.05, 3.63) is 64.1 Å². The zero-order valence-corrected chi connectivity index (χ0v) is 13.8. The first kappa shape index (κ1) is 16.2. The van der Waals surface area contributed by atoms with Gasteiger partial charge >= 0.3 is 0 Å². The average Bonchev–Trinajstić information content (AvgIpc) is 2.48. The highest BCUT2D eigenvalue weighted by atomic mass is 35.5. The summed E-state index contributed by atoms with van der Waals surface area (Å²) in [5.74, 6) is -0.0186. The SMILES string of the molecule is CC(Sc1ccccc1Cl)C(=O)NCc1ccc(Cl)cc1. The van der Waals surface area contributed by atoms with Gasteiger partial charge in [-0.1, -0.05) is 47.5 Å². The van der Waals surface area contributed by atoms with Crippen LogP contribution in [0.2, 0.25) is 10.0 Å². The number of halogens is 2. The van der Waals surface area contributed by atoms with E-state index in [1.165, 1.54) is 11.8 Å². The van der Waals surface area contributed by atoms with Crippen molar-refractivity contribution >= 4 is 40.9 Å². The molecule has 0 radical (unpaired) electrons. The highest BCUT2D eigenvalue weighted by Gasteiger charge is 2.15. The lowest BCUT2D eigenvalue weighted by Crippen LogP contribution is -2.30. The Morgan fingerprint density at radius 3 is 2.48 bits per heavy atom. The van der Waals surface area contributed by atoms with Gasteiger partial charge in [-0.15, -0.1) is 11.8 Å². The molecule has 1 atom stereocenters. The van der Waals surface area contributed by atoms with E-state index < -0.39 is 0 Å². The molecule has 110 valence electrons. The number of rotatable bonds is 5. The van der Waals surface area contributed by atoms with Crippen molar-refractivity contribution in [2.75, 3.05) is 0 Å². The van der Waals surface area contributed by atoms with Crippen molar-refractivity contribution in [3.63, 3.8) is 0 Å². The average molecular weight is 340 g/mol. The quantitative estimate of drug-likeness (QED) is 0.793. The third-order valence-electron chi connectivity index (χ3n) is 2.89. The summed E-state index contributed by atoms with van der Waals surface area (Å²) in [5.41, 5.74) is 1.02. The zero-order valence-electron chi connectivity index (χ0n) is 11.5. The summed E-state index contributed by atoms with van der Waals surface area (Å²) in [6, 6.07) is 14.9. The van der Waals surface area contributed by atoms with Gasteiger partial charge in [0.1, 0.15) is 0 Å². The van der Waals surface area contributed by atoms with Crippen molar-refractivity contribution in [2.45, 2.75) is 23.6 Å². The Morgan fingerprint density at radius 2 is 1.81 bits per heavy atom. The maximum atomic E-state index is 12.1. The van der Waals surface area contributed by atoms with E-state index in [-0.39, 0.29) is 11.2 Å². The molecule has 0 heterocycles. The summed E-state index contributed by atoms with van der Waals surface area (Å²) in [6.45, 7) is 2.36. The van der Waals surface area contributed by atoms with Crippen molar-refractivity contribution < 1.29 is 4.79 Å². The smallest absolute Gasteiger partial charge is 0.233 e. The minimum Gasteiger partial charge on any atom is -0.351 e. The van der Waals surface area contributed by atoms with Crippen LogP contribution in [0.4, 0.5) is 0 Å². The van der Waals surface area contributed by atoms with Crippen LogP contribution in [0, 0.1) is 0 Å². The van der Waals surface area contributed by atoms with Crippen molar-refractivity contribution in [1.29, 1.82) is 0 Å². The van der Waals surface area contributed by atoms with Gasteiger partial charge in [0.05, 0.1) is 10.3 Å². The van der Waals surface area contributed by atoms with Crippen molar-refractivity contribution in [2.24, 2.45) is 0 Å². The van der Waals surface area contributed by atoms with E-state index in [9.17, 15) is 4.79 Å². The Balaban J connectivity index is 1.88. The second-order valence-electron chi connectivity index (χ2n) is 4.53. The molecule has 1 N–H and O–H groups in total. The highest BCUT2D eigenvalue weighted by molar-refractivity contribution is 8.00. The maximum Gasteiger partial charge on any atom is 0.233 e. The van der Waals surface area contributed by atoms with Gasteiger partial charge in [0.25, 0.3) is 0 Å². The summed E-state index contributed by atoms with van der Waals surface area (Å²) in [5, 5.41) is 4.06. The van der Waals surface area contributed by atoms with Crippen LogP contribution in [0.25, 0.3) is 0 Å². The van der Waals surface area contributed by atoms with Gasteiger partial charge in [-0.25, -0.2) is 0 Å². The minimum atomic E-state index is -0.211. The second kappa shape index (κ2) is 7.74. The lowest BCUT2D eigenvalue weighted by Gasteiger charge is -2.13. The van der Waals surface area contributed by atoms with Crippen LogP contribution in [0.1, 0.15) is 12.5 Å². The molecule has 0 bridgehead atoms. The number of benzene rings is 2. The zero-order chi connectivity index (χ0) is 15.2. The van der Waals surface area contributed by atoms with Gasteiger partial charge < -0.3 is 5.32 Å². The fourth-order valence-corrected chi connectivity index (χ4v) is 3.02. The molecule has 0 aliphatic heterocycles. The van der Waals surface area contributed by atoms with E-state index in [0.717, 1.165) is 10.5 Å². The van der Waals surface area contributed by atoms with Crippen LogP contribution in [-0.2, 0) is 11.3 Å². The molecule has 0 saturated heterocycles. The standard InChI is InChI=1S/C16H15Cl2NOS/c1-11(21-15-5-3-2-4-14(15)18)16(20)19-10-12-6-8-13(17)9-7-12/h2-9,11H,10H2,1H3,(H,19,20). The number of amides is 1. The summed E-state index contributed by atoms with van der Waals surface area (Å²) < 4.78 is 0. The van der Waals surface area contributed by atoms with Gasteiger partial charge in [0.15, 0.2) is 0 Å². The van der Waals surface area contributed by atoms with Crippen LogP contribution in [0.15, 0.2) is 53.4 Å². The summed E-state index contributed by atoms with van der Waals surface area (Å²) >= 11 is 13.4. The van der Waals surface area contributed by atoms with E-state index in [1.807, 2.05) is 55.5 Å². The number of hydrogen-bond donors (Lipinski definition) is 1. The van der Waals surface area contributed by atoms with Crippen LogP contribution < -0.4 is 5.32 Å². The predicted molar refractivity (Wildman–Crippen MR) is 90.1 cm³/mol. The Labute approximate surface area is 138 Å². The van der Waals surface area contributed by atoms with Crippen molar-refractivity contribution in [3.8, 4) is 0 Å². The molecular formula is C16H15Cl2NOS. The fraction of sp³-hybridized carbons (Fsp3) is 0.188. The lowest BCUT2D eigenvalue weighted by atomic mass is 10.2. The van der Waals surface area contributed by atoms with E-state index in [0.29, 0.717) is 16.6 Å². The van der Waals surface area contributed by atoms with Gasteiger partial charge in [-0.2, -0.15) is 0 Å². The van der Waals surface area contributed by atoms with Gasteiger partial charge in [0, 0.05) is 16.5 Å². The Morgan fingerprint density at radius 1 is 1.14 bits per heavy atom. The molecule has 2 aromatic carbocycles. The number of nitrogens with one attached hydrogen (secondary N) is 1. The normalized spacial score (nSPS) is 12.0. The molecule has 2 nitrogen and oxygen atoms in total. The molecular weight excluding hydrogens is 325 g/mol. The monoisotopic (exact) mass is 339 g/mol. The fourth-order valence-electron chi connectivity index (χ4n) is 1.72. The molecule has 1 unspecified atom stereocenters. The molecule has 2 aromatic rings. The second-order valence-corrected chi connectivity index (χ2v) is 6.76. The Hall–Kier alpha value is -1.16. The molecule has 0 aliphatic carbocycles. The van der Waals surface area contributed by atoms with Gasteiger partial charge in [0.2, 0.25) is 5.91 Å². The summed E-state index contributed by atoms with van der Waals surface area (Å²) in [7, 11) is 0. The largest absolute Gasteiger partial charge is 0.351 e. The molecule has 0 saturated carbocycles. The summed E-state index contributed by atoms with van der Waals surface area (Å²) in [4.78, 5) is 13.0. The van der Waals surface area contributed by atoms with Crippen LogP contribution >= 0.6 is 35.0 Å². The number of carbonyl (C=O) groups excluding carboxylic acids is 1. The molecule has 1 amide bonds. The van der Waals surface area contributed by atoms with Crippen LogP contribution in [0.3, 0.4) is 0 Å². The molecule has 21 heavy (non-hydrogen) atoms. The molecule has 0 aromatic heterocycles. The minimum absolute atomic E-state index is 0.0186. The first-order valence-corrected chi connectivity index (χ1v) is 8.13. The maximum absolute atomic E-state index is 12.1. The topological polar surface area (TPSA) is 29.1 Å². The van der Waals surface area contributed by atoms with E-state index in [4.69, 9.17) is 23.2 Å².